The van der Waals surface area contributed by atoms with Crippen molar-refractivity contribution in [2.45, 2.75) is 71.2 Å². The Hall–Kier alpha value is -0.170. The molecule has 1 rings (SSSR count). The maximum atomic E-state index is 11.6. The number of unbranched alkanes of at least 4 members (excludes halogenated alkanes) is 6. The van der Waals surface area contributed by atoms with Gasteiger partial charge in [-0.2, -0.15) is 0 Å². The molecule has 1 fully saturated rings. The molecule has 1 atom stereocenters. The number of rotatable bonds is 12. The van der Waals surface area contributed by atoms with Crippen LogP contribution in [0.25, 0.3) is 0 Å². The Labute approximate surface area is 152 Å². The molecule has 0 saturated carbocycles. The first kappa shape index (κ1) is 23.9. The zero-order valence-corrected chi connectivity index (χ0v) is 16.1. The Balaban J connectivity index is 2.64. The fourth-order valence-electron chi connectivity index (χ4n) is 2.03. The Kier molecular flexibility index (Phi) is 12.8. The molecule has 156 valence electrons. The zero-order chi connectivity index (χ0) is 19.1. The van der Waals surface area contributed by atoms with E-state index in [1.807, 2.05) is 0 Å². The van der Waals surface area contributed by atoms with Crippen molar-refractivity contribution < 1.29 is 53.2 Å². The first-order valence-corrected chi connectivity index (χ1v) is 10.3. The highest BCUT2D eigenvalue weighted by Gasteiger charge is 2.41. The van der Waals surface area contributed by atoms with Gasteiger partial charge in [-0.3, -0.25) is 4.52 Å². The van der Waals surface area contributed by atoms with Crippen LogP contribution in [0, 0.1) is 0 Å². The lowest BCUT2D eigenvalue weighted by Gasteiger charge is -2.31. The molecule has 1 aliphatic heterocycles. The molecule has 1 saturated heterocycles. The van der Waals surface area contributed by atoms with E-state index in [9.17, 15) is 9.46 Å². The van der Waals surface area contributed by atoms with Gasteiger partial charge in [-0.05, 0) is 33.0 Å². The summed E-state index contributed by atoms with van der Waals surface area (Å²) in [6.45, 7) is 4.04. The van der Waals surface area contributed by atoms with Crippen LogP contribution >= 0.6 is 7.82 Å². The van der Waals surface area contributed by atoms with Gasteiger partial charge >= 0.3 is 13.8 Å². The lowest BCUT2D eigenvalue weighted by molar-refractivity contribution is -0.771. The van der Waals surface area contributed by atoms with Crippen LogP contribution < -0.4 is 0 Å². The standard InChI is InChI=1S/C14H29O11P/c1-3-5-7-9-11-17-14(18-12-10-8-6-4-2)13-19-26(15,16)25-24-23-22-21-20-14/h3-13H2,1-2H3,(H,15,16). The molecule has 26 heavy (non-hydrogen) atoms. The molecule has 12 heteroatoms. The number of hydrogen-bond donors (Lipinski definition) is 1. The van der Waals surface area contributed by atoms with Crippen molar-refractivity contribution >= 4 is 7.82 Å². The second kappa shape index (κ2) is 13.9. The van der Waals surface area contributed by atoms with Gasteiger partial charge in [-0.25, -0.2) is 4.57 Å². The van der Waals surface area contributed by atoms with E-state index in [0.29, 0.717) is 0 Å². The number of ether oxygens (including phenoxy) is 2. The average Bonchev–Trinajstić information content (AvgIpc) is 2.62. The molecule has 1 N–H and O–H groups in total. The Morgan fingerprint density at radius 2 is 1.46 bits per heavy atom. The van der Waals surface area contributed by atoms with Gasteiger partial charge in [0.25, 0.3) is 0 Å². The molecule has 1 heterocycles. The Morgan fingerprint density at radius 1 is 0.885 bits per heavy atom. The summed E-state index contributed by atoms with van der Waals surface area (Å²) in [6.07, 6.45) is 7.58. The van der Waals surface area contributed by atoms with E-state index in [0.717, 1.165) is 51.4 Å². The molecule has 0 aromatic rings. The molecule has 0 aromatic heterocycles. The molecule has 0 bridgehead atoms. The SMILES string of the molecule is CCCCCCOC1(OCCCCCC)COP(=O)(O)OOOOOO1. The predicted octanol–water partition coefficient (Wildman–Crippen LogP) is 3.64. The molecule has 0 aromatic carbocycles. The summed E-state index contributed by atoms with van der Waals surface area (Å²) >= 11 is 0. The van der Waals surface area contributed by atoms with E-state index in [2.05, 4.69) is 38.7 Å². The van der Waals surface area contributed by atoms with Crippen LogP contribution in [-0.4, -0.2) is 30.7 Å². The van der Waals surface area contributed by atoms with Crippen molar-refractivity contribution in [3.8, 4) is 0 Å². The van der Waals surface area contributed by atoms with Crippen LogP contribution in [0.2, 0.25) is 0 Å². The second-order valence-electron chi connectivity index (χ2n) is 5.67. The highest BCUT2D eigenvalue weighted by atomic mass is 31.2. The third kappa shape index (κ3) is 10.9. The third-order valence-electron chi connectivity index (χ3n) is 3.41. The normalized spacial score (nSPS) is 24.4. The van der Waals surface area contributed by atoms with Gasteiger partial charge in [0.15, 0.2) is 0 Å². The van der Waals surface area contributed by atoms with Gasteiger partial charge in [-0.15, -0.1) is 4.89 Å². The van der Waals surface area contributed by atoms with Gasteiger partial charge in [0.2, 0.25) is 0 Å². The Bertz CT molecular complexity index is 381. The van der Waals surface area contributed by atoms with Crippen LogP contribution in [0.1, 0.15) is 65.2 Å². The van der Waals surface area contributed by atoms with Crippen LogP contribution in [0.5, 0.6) is 0 Å². The van der Waals surface area contributed by atoms with Crippen LogP contribution in [0.3, 0.4) is 0 Å². The third-order valence-corrected chi connectivity index (χ3v) is 4.12. The summed E-state index contributed by atoms with van der Waals surface area (Å²) in [5, 5.41) is 16.0. The fraction of sp³-hybridized carbons (Fsp3) is 1.00. The zero-order valence-electron chi connectivity index (χ0n) is 15.3. The Morgan fingerprint density at radius 3 is 2.04 bits per heavy atom. The molecule has 0 spiro atoms. The number of hydrogen-bond acceptors (Lipinski definition) is 10. The van der Waals surface area contributed by atoms with Crippen LogP contribution in [0.4, 0.5) is 0 Å². The lowest BCUT2D eigenvalue weighted by atomic mass is 10.2. The van der Waals surface area contributed by atoms with Gasteiger partial charge < -0.3 is 14.4 Å². The van der Waals surface area contributed by atoms with Crippen LogP contribution in [-0.2, 0) is 48.3 Å². The number of phosphoric acid groups is 1. The monoisotopic (exact) mass is 404 g/mol. The van der Waals surface area contributed by atoms with E-state index in [1.165, 1.54) is 0 Å². The summed E-state index contributed by atoms with van der Waals surface area (Å²) in [6, 6.07) is 0. The summed E-state index contributed by atoms with van der Waals surface area (Å²) in [5.74, 6) is -1.93. The largest absolute Gasteiger partial charge is 0.502 e. The van der Waals surface area contributed by atoms with Crippen molar-refractivity contribution in [3.63, 3.8) is 0 Å². The molecule has 1 aliphatic rings. The molecule has 0 amide bonds. The molecular formula is C14H29O11P. The van der Waals surface area contributed by atoms with Crippen LogP contribution in [0.15, 0.2) is 0 Å². The number of phosphoric ester groups is 1. The van der Waals surface area contributed by atoms with Crippen molar-refractivity contribution in [1.29, 1.82) is 0 Å². The molecule has 11 nitrogen and oxygen atoms in total. The predicted molar refractivity (Wildman–Crippen MR) is 85.2 cm³/mol. The first-order valence-electron chi connectivity index (χ1n) is 8.83. The van der Waals surface area contributed by atoms with Crippen molar-refractivity contribution in [2.75, 3.05) is 19.8 Å². The highest BCUT2D eigenvalue weighted by molar-refractivity contribution is 7.47. The molecule has 0 aliphatic carbocycles. The van der Waals surface area contributed by atoms with E-state index >= 15 is 0 Å². The van der Waals surface area contributed by atoms with Gasteiger partial charge in [-0.1, -0.05) is 57.0 Å². The van der Waals surface area contributed by atoms with Crippen molar-refractivity contribution in [3.05, 3.63) is 0 Å². The topological polar surface area (TPSA) is 120 Å². The van der Waals surface area contributed by atoms with E-state index in [-0.39, 0.29) is 13.2 Å². The quantitative estimate of drug-likeness (QED) is 0.222. The lowest BCUT2D eigenvalue weighted by Crippen LogP contribution is -2.44. The minimum atomic E-state index is -4.61. The fourth-order valence-corrected chi connectivity index (χ4v) is 2.50. The first-order chi connectivity index (χ1) is 12.5. The molecule has 1 unspecified atom stereocenters. The van der Waals surface area contributed by atoms with E-state index in [1.54, 1.807) is 0 Å². The van der Waals surface area contributed by atoms with E-state index in [4.69, 9.17) is 18.9 Å². The highest BCUT2D eigenvalue weighted by Crippen LogP contribution is 2.45. The summed E-state index contributed by atoms with van der Waals surface area (Å²) < 4.78 is 31.6. The maximum absolute atomic E-state index is 11.6. The summed E-state index contributed by atoms with van der Waals surface area (Å²) in [5.41, 5.74) is 0. The van der Waals surface area contributed by atoms with Gasteiger partial charge in [0, 0.05) is 0 Å². The molecule has 0 radical (unpaired) electrons. The van der Waals surface area contributed by atoms with Gasteiger partial charge in [0.05, 0.1) is 13.2 Å². The smallest absolute Gasteiger partial charge is 0.324 e. The summed E-state index contributed by atoms with van der Waals surface area (Å²) in [7, 11) is -4.61. The van der Waals surface area contributed by atoms with Crippen molar-refractivity contribution in [1.82, 2.24) is 0 Å². The summed E-state index contributed by atoms with van der Waals surface area (Å²) in [4.78, 5) is 14.4. The minimum absolute atomic E-state index is 0.246. The maximum Gasteiger partial charge on any atom is 0.502 e. The average molecular weight is 404 g/mol. The van der Waals surface area contributed by atoms with Crippen molar-refractivity contribution in [2.24, 2.45) is 0 Å². The minimum Gasteiger partial charge on any atom is -0.324 e. The van der Waals surface area contributed by atoms with Gasteiger partial charge in [0.1, 0.15) is 6.61 Å². The second-order valence-corrected chi connectivity index (χ2v) is 7.02. The molecular weight excluding hydrogens is 375 g/mol. The van der Waals surface area contributed by atoms with E-state index < -0.39 is 20.4 Å².